The Bertz CT molecular complexity index is 1550. The summed E-state index contributed by atoms with van der Waals surface area (Å²) in [4.78, 5) is 17.1. The minimum atomic E-state index is -3.64. The SMILES string of the molecule is Cc1ccc(S(=O)(=O)N(C)c2ccc(C=C3CCn4c3nc(=O)c3ccccc34)cc2)cc1. The standard InChI is InChI=1S/C26H23N3O3S/c1-18-7-13-22(14-8-18)33(31,32)28(2)21-11-9-19(10-12-21)17-20-15-16-29-24-6-4-3-5-23(24)26(30)27-25(20)29/h3-14,17H,15-16H2,1-2H3. The van der Waals surface area contributed by atoms with Crippen molar-refractivity contribution < 1.29 is 8.42 Å². The van der Waals surface area contributed by atoms with Gasteiger partial charge in [0.15, 0.2) is 0 Å². The van der Waals surface area contributed by atoms with Crippen LogP contribution in [0.3, 0.4) is 0 Å². The highest BCUT2D eigenvalue weighted by Crippen LogP contribution is 2.30. The summed E-state index contributed by atoms with van der Waals surface area (Å²) in [7, 11) is -2.09. The molecule has 0 N–H and O–H groups in total. The summed E-state index contributed by atoms with van der Waals surface area (Å²) in [6.07, 6.45) is 2.79. The zero-order valence-corrected chi connectivity index (χ0v) is 19.2. The molecule has 5 rings (SSSR count). The van der Waals surface area contributed by atoms with E-state index in [9.17, 15) is 13.2 Å². The molecule has 0 fully saturated rings. The number of aromatic nitrogens is 2. The van der Waals surface area contributed by atoms with Crippen LogP contribution in [-0.4, -0.2) is 25.0 Å². The molecule has 0 radical (unpaired) electrons. The molecule has 0 unspecified atom stereocenters. The Morgan fingerprint density at radius 2 is 1.67 bits per heavy atom. The van der Waals surface area contributed by atoms with Crippen molar-refractivity contribution in [2.45, 2.75) is 24.8 Å². The molecule has 0 saturated heterocycles. The average Bonchev–Trinajstić information content (AvgIpc) is 3.22. The Morgan fingerprint density at radius 3 is 2.39 bits per heavy atom. The van der Waals surface area contributed by atoms with Crippen molar-refractivity contribution in [2.75, 3.05) is 11.4 Å². The second-order valence-electron chi connectivity index (χ2n) is 8.21. The van der Waals surface area contributed by atoms with Gasteiger partial charge in [-0.05, 0) is 67.0 Å². The number of anilines is 1. The first-order valence-electron chi connectivity index (χ1n) is 10.7. The molecule has 3 aromatic carbocycles. The fraction of sp³-hybridized carbons (Fsp3) is 0.154. The van der Waals surface area contributed by atoms with Crippen LogP contribution in [0, 0.1) is 6.92 Å². The van der Waals surface area contributed by atoms with E-state index in [2.05, 4.69) is 9.55 Å². The second-order valence-corrected chi connectivity index (χ2v) is 10.2. The fourth-order valence-electron chi connectivity index (χ4n) is 4.16. The van der Waals surface area contributed by atoms with Crippen LogP contribution in [0.15, 0.2) is 82.5 Å². The minimum absolute atomic E-state index is 0.220. The van der Waals surface area contributed by atoms with Gasteiger partial charge in [-0.3, -0.25) is 9.10 Å². The number of hydrogen-bond donors (Lipinski definition) is 0. The fourth-order valence-corrected chi connectivity index (χ4v) is 5.36. The molecule has 1 aliphatic rings. The average molecular weight is 458 g/mol. The maximum absolute atomic E-state index is 13.0. The van der Waals surface area contributed by atoms with Gasteiger partial charge in [0.25, 0.3) is 15.6 Å². The quantitative estimate of drug-likeness (QED) is 0.453. The third-order valence-electron chi connectivity index (χ3n) is 6.06. The van der Waals surface area contributed by atoms with Crippen molar-refractivity contribution in [3.05, 3.63) is 100 Å². The molecule has 1 aromatic heterocycles. The number of rotatable bonds is 4. The van der Waals surface area contributed by atoms with E-state index in [1.165, 1.54) is 4.31 Å². The lowest BCUT2D eigenvalue weighted by Crippen LogP contribution is -2.26. The highest BCUT2D eigenvalue weighted by Gasteiger charge is 2.22. The summed E-state index contributed by atoms with van der Waals surface area (Å²) in [5.74, 6) is 0.696. The predicted octanol–water partition coefficient (Wildman–Crippen LogP) is 4.47. The predicted molar refractivity (Wildman–Crippen MR) is 132 cm³/mol. The number of hydrogen-bond acceptors (Lipinski definition) is 4. The van der Waals surface area contributed by atoms with Gasteiger partial charge in [-0.25, -0.2) is 8.42 Å². The highest BCUT2D eigenvalue weighted by atomic mass is 32.2. The van der Waals surface area contributed by atoms with Crippen molar-refractivity contribution >= 4 is 38.3 Å². The maximum Gasteiger partial charge on any atom is 0.281 e. The Morgan fingerprint density at radius 1 is 0.970 bits per heavy atom. The summed E-state index contributed by atoms with van der Waals surface area (Å²) in [6.45, 7) is 2.69. The van der Waals surface area contributed by atoms with Crippen molar-refractivity contribution in [1.29, 1.82) is 0 Å². The normalized spacial score (nSPS) is 14.5. The third-order valence-corrected chi connectivity index (χ3v) is 7.86. The number of para-hydroxylation sites is 1. The van der Waals surface area contributed by atoms with E-state index in [1.807, 2.05) is 43.3 Å². The monoisotopic (exact) mass is 457 g/mol. The maximum atomic E-state index is 13.0. The van der Waals surface area contributed by atoms with Gasteiger partial charge in [-0.1, -0.05) is 42.0 Å². The summed E-state index contributed by atoms with van der Waals surface area (Å²) in [6, 6.07) is 21.7. The smallest absolute Gasteiger partial charge is 0.281 e. The van der Waals surface area contributed by atoms with E-state index < -0.39 is 10.0 Å². The zero-order valence-electron chi connectivity index (χ0n) is 18.4. The van der Waals surface area contributed by atoms with Crippen LogP contribution < -0.4 is 9.86 Å². The zero-order chi connectivity index (χ0) is 23.2. The lowest BCUT2D eigenvalue weighted by Gasteiger charge is -2.19. The van der Waals surface area contributed by atoms with Crippen molar-refractivity contribution in [3.8, 4) is 0 Å². The lowest BCUT2D eigenvalue weighted by atomic mass is 10.1. The molecular weight excluding hydrogens is 434 g/mol. The van der Waals surface area contributed by atoms with E-state index in [1.54, 1.807) is 49.5 Å². The molecule has 0 spiro atoms. The molecule has 0 bridgehead atoms. The molecule has 0 amide bonds. The topological polar surface area (TPSA) is 72.3 Å². The van der Waals surface area contributed by atoms with Crippen LogP contribution in [0.1, 0.15) is 23.4 Å². The molecule has 2 heterocycles. The van der Waals surface area contributed by atoms with Crippen LogP contribution in [0.4, 0.5) is 5.69 Å². The van der Waals surface area contributed by atoms with Crippen molar-refractivity contribution in [2.24, 2.45) is 0 Å². The van der Waals surface area contributed by atoms with Crippen LogP contribution in [-0.2, 0) is 16.6 Å². The van der Waals surface area contributed by atoms with Crippen LogP contribution in [0.2, 0.25) is 0 Å². The van der Waals surface area contributed by atoms with E-state index in [0.717, 1.165) is 35.2 Å². The first-order chi connectivity index (χ1) is 15.8. The Kier molecular flexibility index (Phi) is 5.13. The first-order valence-corrected chi connectivity index (χ1v) is 12.1. The second kappa shape index (κ2) is 8.01. The molecule has 33 heavy (non-hydrogen) atoms. The van der Waals surface area contributed by atoms with E-state index >= 15 is 0 Å². The molecule has 166 valence electrons. The van der Waals surface area contributed by atoms with E-state index in [-0.39, 0.29) is 10.5 Å². The number of aryl methyl sites for hydroxylation is 2. The van der Waals surface area contributed by atoms with Gasteiger partial charge in [0.2, 0.25) is 0 Å². The van der Waals surface area contributed by atoms with Gasteiger partial charge in [0.1, 0.15) is 5.82 Å². The number of allylic oxidation sites excluding steroid dienone is 1. The summed E-state index contributed by atoms with van der Waals surface area (Å²) >= 11 is 0. The minimum Gasteiger partial charge on any atom is -0.325 e. The lowest BCUT2D eigenvalue weighted by molar-refractivity contribution is 0.594. The number of sulfonamides is 1. The van der Waals surface area contributed by atoms with Gasteiger partial charge in [0.05, 0.1) is 21.5 Å². The molecule has 0 saturated carbocycles. The summed E-state index contributed by atoms with van der Waals surface area (Å²) in [5, 5.41) is 0.629. The molecule has 1 aliphatic heterocycles. The van der Waals surface area contributed by atoms with Gasteiger partial charge >= 0.3 is 0 Å². The van der Waals surface area contributed by atoms with Crippen LogP contribution >= 0.6 is 0 Å². The molecule has 0 aliphatic carbocycles. The molecule has 7 heteroatoms. The third kappa shape index (κ3) is 3.74. The van der Waals surface area contributed by atoms with Gasteiger partial charge in [-0.2, -0.15) is 4.98 Å². The Labute approximate surface area is 192 Å². The molecule has 4 aromatic rings. The highest BCUT2D eigenvalue weighted by molar-refractivity contribution is 7.92. The Balaban J connectivity index is 1.45. The van der Waals surface area contributed by atoms with Crippen LogP contribution in [0.5, 0.6) is 0 Å². The summed E-state index contributed by atoms with van der Waals surface area (Å²) < 4.78 is 29.3. The number of benzene rings is 3. The number of nitrogens with zero attached hydrogens (tertiary/aromatic N) is 3. The van der Waals surface area contributed by atoms with E-state index in [4.69, 9.17) is 0 Å². The molecule has 0 atom stereocenters. The van der Waals surface area contributed by atoms with Crippen LogP contribution in [0.25, 0.3) is 22.6 Å². The largest absolute Gasteiger partial charge is 0.325 e. The van der Waals surface area contributed by atoms with Crippen molar-refractivity contribution in [1.82, 2.24) is 9.55 Å². The Hall–Kier alpha value is -3.71. The molecular formula is C26H23N3O3S. The molecule has 6 nitrogen and oxygen atoms in total. The van der Waals surface area contributed by atoms with Gasteiger partial charge in [-0.15, -0.1) is 0 Å². The summed E-state index contributed by atoms with van der Waals surface area (Å²) in [5.41, 5.74) is 4.17. The van der Waals surface area contributed by atoms with Gasteiger partial charge < -0.3 is 4.57 Å². The first kappa shape index (κ1) is 21.2. The van der Waals surface area contributed by atoms with Crippen molar-refractivity contribution in [3.63, 3.8) is 0 Å². The van der Waals surface area contributed by atoms with Gasteiger partial charge in [0, 0.05) is 13.6 Å². The number of fused-ring (bicyclic) bond motifs is 3. The van der Waals surface area contributed by atoms with E-state index in [0.29, 0.717) is 16.9 Å².